The van der Waals surface area contributed by atoms with Crippen molar-refractivity contribution >= 4 is 0 Å². The normalized spacial score (nSPS) is 15.8. The zero-order valence-corrected chi connectivity index (χ0v) is 9.70. The Labute approximate surface area is 96.4 Å². The third kappa shape index (κ3) is 2.47. The molecule has 0 heterocycles. The van der Waals surface area contributed by atoms with Crippen molar-refractivity contribution in [1.82, 2.24) is 5.32 Å². The Morgan fingerprint density at radius 1 is 1.44 bits per heavy atom. The van der Waals surface area contributed by atoms with E-state index in [1.165, 1.54) is 19.3 Å². The van der Waals surface area contributed by atoms with E-state index in [0.29, 0.717) is 12.3 Å². The standard InChI is InChI=1S/C13H19NO2/c1-16-12-7-3-6-11(13(12)15)9-14-8-10-4-2-5-10/h3,6-7,10,14-15H,2,4-5,8-9H2,1H3. The summed E-state index contributed by atoms with van der Waals surface area (Å²) >= 11 is 0. The van der Waals surface area contributed by atoms with Gasteiger partial charge in [0.05, 0.1) is 7.11 Å². The van der Waals surface area contributed by atoms with Gasteiger partial charge in [-0.05, 0) is 31.4 Å². The second-order valence-corrected chi connectivity index (χ2v) is 4.40. The van der Waals surface area contributed by atoms with Crippen molar-refractivity contribution in [3.05, 3.63) is 23.8 Å². The maximum atomic E-state index is 9.86. The molecule has 1 aromatic rings. The molecule has 16 heavy (non-hydrogen) atoms. The first kappa shape index (κ1) is 11.3. The molecule has 1 saturated carbocycles. The van der Waals surface area contributed by atoms with E-state index >= 15 is 0 Å². The molecule has 0 bridgehead atoms. The Morgan fingerprint density at radius 3 is 2.88 bits per heavy atom. The number of phenols is 1. The Morgan fingerprint density at radius 2 is 2.25 bits per heavy atom. The molecule has 88 valence electrons. The van der Waals surface area contributed by atoms with Crippen LogP contribution in [0.4, 0.5) is 0 Å². The molecule has 3 heteroatoms. The van der Waals surface area contributed by atoms with Crippen molar-refractivity contribution in [2.24, 2.45) is 5.92 Å². The largest absolute Gasteiger partial charge is 0.504 e. The molecule has 2 rings (SSSR count). The quantitative estimate of drug-likeness (QED) is 0.801. The summed E-state index contributed by atoms with van der Waals surface area (Å²) in [5.74, 6) is 1.64. The van der Waals surface area contributed by atoms with E-state index in [1.807, 2.05) is 12.1 Å². The van der Waals surface area contributed by atoms with Crippen LogP contribution in [-0.4, -0.2) is 18.8 Å². The fraction of sp³-hybridized carbons (Fsp3) is 0.538. The monoisotopic (exact) mass is 221 g/mol. The van der Waals surface area contributed by atoms with Crippen molar-refractivity contribution in [3.63, 3.8) is 0 Å². The SMILES string of the molecule is COc1cccc(CNCC2CCC2)c1O. The summed E-state index contributed by atoms with van der Waals surface area (Å²) in [5, 5.41) is 13.2. The van der Waals surface area contributed by atoms with E-state index < -0.39 is 0 Å². The molecule has 0 aromatic heterocycles. The number of methoxy groups -OCH3 is 1. The maximum Gasteiger partial charge on any atom is 0.162 e. The molecule has 3 nitrogen and oxygen atoms in total. The van der Waals surface area contributed by atoms with Crippen LogP contribution in [0, 0.1) is 5.92 Å². The van der Waals surface area contributed by atoms with Gasteiger partial charge in [-0.15, -0.1) is 0 Å². The lowest BCUT2D eigenvalue weighted by Crippen LogP contribution is -2.26. The first-order chi connectivity index (χ1) is 7.81. The van der Waals surface area contributed by atoms with E-state index in [0.717, 1.165) is 18.0 Å². The van der Waals surface area contributed by atoms with E-state index in [-0.39, 0.29) is 5.75 Å². The summed E-state index contributed by atoms with van der Waals surface area (Å²) in [6.45, 7) is 1.76. The first-order valence-corrected chi connectivity index (χ1v) is 5.87. The van der Waals surface area contributed by atoms with Gasteiger partial charge in [-0.25, -0.2) is 0 Å². The summed E-state index contributed by atoms with van der Waals surface area (Å²) in [5.41, 5.74) is 0.902. The van der Waals surface area contributed by atoms with Crippen molar-refractivity contribution in [3.8, 4) is 11.5 Å². The number of rotatable bonds is 5. The van der Waals surface area contributed by atoms with E-state index in [1.54, 1.807) is 13.2 Å². The van der Waals surface area contributed by atoms with Crippen molar-refractivity contribution in [1.29, 1.82) is 0 Å². The third-order valence-electron chi connectivity index (χ3n) is 3.28. The van der Waals surface area contributed by atoms with Gasteiger partial charge in [-0.3, -0.25) is 0 Å². The molecule has 0 radical (unpaired) electrons. The van der Waals surface area contributed by atoms with Crippen LogP contribution >= 0.6 is 0 Å². The lowest BCUT2D eigenvalue weighted by molar-refractivity contribution is 0.300. The van der Waals surface area contributed by atoms with E-state index in [4.69, 9.17) is 4.74 Å². The molecular weight excluding hydrogens is 202 g/mol. The van der Waals surface area contributed by atoms with Crippen LogP contribution in [0.1, 0.15) is 24.8 Å². The molecule has 2 N–H and O–H groups in total. The molecule has 0 aliphatic heterocycles. The number of hydrogen-bond acceptors (Lipinski definition) is 3. The first-order valence-electron chi connectivity index (χ1n) is 5.87. The Hall–Kier alpha value is -1.22. The number of hydrogen-bond donors (Lipinski definition) is 2. The number of benzene rings is 1. The Kier molecular flexibility index (Phi) is 3.67. The minimum absolute atomic E-state index is 0.256. The van der Waals surface area contributed by atoms with Gasteiger partial charge >= 0.3 is 0 Å². The van der Waals surface area contributed by atoms with Crippen LogP contribution in [0.15, 0.2) is 18.2 Å². The highest BCUT2D eigenvalue weighted by Crippen LogP contribution is 2.29. The van der Waals surface area contributed by atoms with Crippen LogP contribution in [0.5, 0.6) is 11.5 Å². The fourth-order valence-electron chi connectivity index (χ4n) is 1.98. The number of ether oxygens (including phenoxy) is 1. The second-order valence-electron chi connectivity index (χ2n) is 4.40. The zero-order chi connectivity index (χ0) is 11.4. The van der Waals surface area contributed by atoms with Gasteiger partial charge in [0.15, 0.2) is 11.5 Å². The predicted octanol–water partition coefficient (Wildman–Crippen LogP) is 2.29. The highest BCUT2D eigenvalue weighted by Gasteiger charge is 2.16. The molecule has 0 saturated heterocycles. The van der Waals surface area contributed by atoms with Gasteiger partial charge in [-0.1, -0.05) is 18.6 Å². The highest BCUT2D eigenvalue weighted by atomic mass is 16.5. The molecule has 1 aliphatic carbocycles. The number of para-hydroxylation sites is 1. The number of aromatic hydroxyl groups is 1. The molecule has 0 unspecified atom stereocenters. The summed E-state index contributed by atoms with van der Waals surface area (Å²) in [6.07, 6.45) is 4.06. The minimum Gasteiger partial charge on any atom is -0.504 e. The molecule has 1 aromatic carbocycles. The predicted molar refractivity (Wildman–Crippen MR) is 63.7 cm³/mol. The highest BCUT2D eigenvalue weighted by molar-refractivity contribution is 5.45. The van der Waals surface area contributed by atoms with E-state index in [9.17, 15) is 5.11 Å². The van der Waals surface area contributed by atoms with E-state index in [2.05, 4.69) is 5.32 Å². The number of phenolic OH excluding ortho intramolecular Hbond substituents is 1. The molecule has 0 spiro atoms. The van der Waals surface area contributed by atoms with Gasteiger partial charge < -0.3 is 15.2 Å². The van der Waals surface area contributed by atoms with Crippen LogP contribution in [0.2, 0.25) is 0 Å². The van der Waals surface area contributed by atoms with Crippen LogP contribution < -0.4 is 10.1 Å². The van der Waals surface area contributed by atoms with Crippen LogP contribution in [-0.2, 0) is 6.54 Å². The Bertz CT molecular complexity index is 348. The topological polar surface area (TPSA) is 41.5 Å². The van der Waals surface area contributed by atoms with Gasteiger partial charge in [0, 0.05) is 12.1 Å². The fourth-order valence-corrected chi connectivity index (χ4v) is 1.98. The minimum atomic E-state index is 0.256. The molecule has 0 atom stereocenters. The molecular formula is C13H19NO2. The number of nitrogens with one attached hydrogen (secondary N) is 1. The van der Waals surface area contributed by atoms with Crippen LogP contribution in [0.3, 0.4) is 0 Å². The maximum absolute atomic E-state index is 9.86. The summed E-state index contributed by atoms with van der Waals surface area (Å²) in [4.78, 5) is 0. The lowest BCUT2D eigenvalue weighted by atomic mass is 9.85. The summed E-state index contributed by atoms with van der Waals surface area (Å²) in [6, 6.07) is 5.59. The summed E-state index contributed by atoms with van der Waals surface area (Å²) in [7, 11) is 1.57. The van der Waals surface area contributed by atoms with Gasteiger partial charge in [0.25, 0.3) is 0 Å². The lowest BCUT2D eigenvalue weighted by Gasteiger charge is -2.25. The molecule has 1 aliphatic rings. The average Bonchev–Trinajstić information content (AvgIpc) is 2.24. The smallest absolute Gasteiger partial charge is 0.162 e. The van der Waals surface area contributed by atoms with Crippen molar-refractivity contribution < 1.29 is 9.84 Å². The molecule has 0 amide bonds. The Balaban J connectivity index is 1.87. The molecule has 1 fully saturated rings. The van der Waals surface area contributed by atoms with Crippen molar-refractivity contribution in [2.45, 2.75) is 25.8 Å². The third-order valence-corrected chi connectivity index (χ3v) is 3.28. The summed E-state index contributed by atoms with van der Waals surface area (Å²) < 4.78 is 5.07. The average molecular weight is 221 g/mol. The van der Waals surface area contributed by atoms with Gasteiger partial charge in [-0.2, -0.15) is 0 Å². The van der Waals surface area contributed by atoms with Gasteiger partial charge in [0.2, 0.25) is 0 Å². The zero-order valence-electron chi connectivity index (χ0n) is 9.70. The van der Waals surface area contributed by atoms with Gasteiger partial charge in [0.1, 0.15) is 0 Å². The van der Waals surface area contributed by atoms with Crippen molar-refractivity contribution in [2.75, 3.05) is 13.7 Å². The second kappa shape index (κ2) is 5.21. The van der Waals surface area contributed by atoms with Crippen LogP contribution in [0.25, 0.3) is 0 Å².